The van der Waals surface area contributed by atoms with Crippen molar-refractivity contribution in [3.63, 3.8) is 0 Å². The highest BCUT2D eigenvalue weighted by Crippen LogP contribution is 2.37. The van der Waals surface area contributed by atoms with Crippen molar-refractivity contribution in [1.82, 2.24) is 10.2 Å². The topological polar surface area (TPSA) is 35.0 Å². The van der Waals surface area contributed by atoms with E-state index < -0.39 is 0 Å². The molecule has 0 saturated heterocycles. The van der Waals surface area contributed by atoms with Crippen molar-refractivity contribution in [2.45, 2.75) is 18.2 Å². The quantitative estimate of drug-likeness (QED) is 0.788. The number of hydrogen-bond acceptors (Lipinski definition) is 4. The Morgan fingerprint density at radius 1 is 1.44 bits per heavy atom. The van der Waals surface area contributed by atoms with Gasteiger partial charge >= 0.3 is 0 Å². The lowest BCUT2D eigenvalue weighted by Gasteiger charge is -2.05. The third-order valence-corrected chi connectivity index (χ3v) is 4.91. The maximum atomic E-state index is 13.9. The van der Waals surface area contributed by atoms with E-state index in [1.165, 1.54) is 24.5 Å². The number of aromatic nitrogens is 2. The number of alkyl halides is 1. The summed E-state index contributed by atoms with van der Waals surface area (Å²) >= 11 is 4.88. The van der Waals surface area contributed by atoms with Gasteiger partial charge in [-0.1, -0.05) is 40.3 Å². The first-order valence-electron chi connectivity index (χ1n) is 5.47. The molecule has 2 aromatic rings. The van der Waals surface area contributed by atoms with Gasteiger partial charge < -0.3 is 4.74 Å². The molecule has 1 aromatic heterocycles. The Morgan fingerprint density at radius 3 is 2.89 bits per heavy atom. The molecule has 0 radical (unpaired) electrons. The van der Waals surface area contributed by atoms with Crippen molar-refractivity contribution >= 4 is 27.3 Å². The predicted octanol–water partition coefficient (Wildman–Crippen LogP) is 4.20. The number of benzene rings is 1. The Morgan fingerprint density at radius 2 is 2.22 bits per heavy atom. The molecule has 0 bridgehead atoms. The van der Waals surface area contributed by atoms with E-state index in [9.17, 15) is 4.39 Å². The molecule has 0 aliphatic carbocycles. The number of nitrogens with zero attached hydrogens (tertiary/aromatic N) is 2. The van der Waals surface area contributed by atoms with Crippen LogP contribution in [0.2, 0.25) is 0 Å². The Labute approximate surface area is 117 Å². The molecule has 1 atom stereocenters. The maximum absolute atomic E-state index is 13.9. The molecule has 1 heterocycles. The van der Waals surface area contributed by atoms with E-state index in [0.29, 0.717) is 16.3 Å². The largest absolute Gasteiger partial charge is 0.496 e. The second-order valence-electron chi connectivity index (χ2n) is 3.64. The number of hydrogen-bond donors (Lipinski definition) is 0. The van der Waals surface area contributed by atoms with Gasteiger partial charge in [-0.2, -0.15) is 0 Å². The van der Waals surface area contributed by atoms with E-state index in [0.717, 1.165) is 11.4 Å². The van der Waals surface area contributed by atoms with E-state index in [1.807, 2.05) is 6.92 Å². The lowest BCUT2D eigenvalue weighted by Crippen LogP contribution is -1.91. The molecular weight excluding hydrogens is 319 g/mol. The van der Waals surface area contributed by atoms with Crippen LogP contribution in [0.5, 0.6) is 5.75 Å². The molecule has 0 aliphatic heterocycles. The minimum absolute atomic E-state index is 0.154. The Kier molecular flexibility index (Phi) is 4.29. The van der Waals surface area contributed by atoms with Gasteiger partial charge in [0.2, 0.25) is 0 Å². The van der Waals surface area contributed by atoms with Crippen molar-refractivity contribution < 1.29 is 9.13 Å². The highest BCUT2D eigenvalue weighted by molar-refractivity contribution is 9.09. The lowest BCUT2D eigenvalue weighted by atomic mass is 10.2. The van der Waals surface area contributed by atoms with Crippen LogP contribution in [-0.2, 0) is 0 Å². The smallest absolute Gasteiger partial charge is 0.154 e. The summed E-state index contributed by atoms with van der Waals surface area (Å²) in [4.78, 5) is 0.154. The van der Waals surface area contributed by atoms with Crippen LogP contribution in [0, 0.1) is 5.82 Å². The Balaban J connectivity index is 2.46. The number of ether oxygens (including phenoxy) is 1. The van der Waals surface area contributed by atoms with Gasteiger partial charge in [-0.25, -0.2) is 4.39 Å². The van der Waals surface area contributed by atoms with E-state index in [-0.39, 0.29) is 10.6 Å². The van der Waals surface area contributed by atoms with Gasteiger partial charge in [-0.05, 0) is 18.6 Å². The SMILES string of the molecule is CCC(Br)c1nnc(-c2c(F)cccc2OC)s1. The minimum atomic E-state index is -0.348. The van der Waals surface area contributed by atoms with E-state index >= 15 is 0 Å². The lowest BCUT2D eigenvalue weighted by molar-refractivity contribution is 0.413. The van der Waals surface area contributed by atoms with Crippen LogP contribution in [0.4, 0.5) is 4.39 Å². The Hall–Kier alpha value is -1.01. The summed E-state index contributed by atoms with van der Waals surface area (Å²) in [6, 6.07) is 4.72. The molecule has 1 unspecified atom stereocenters. The molecule has 0 N–H and O–H groups in total. The molecular formula is C12H12BrFN2OS. The summed E-state index contributed by atoms with van der Waals surface area (Å²) in [7, 11) is 1.51. The first kappa shape index (κ1) is 13.4. The maximum Gasteiger partial charge on any atom is 0.154 e. The molecule has 0 saturated carbocycles. The monoisotopic (exact) mass is 330 g/mol. The van der Waals surface area contributed by atoms with Crippen LogP contribution < -0.4 is 4.74 Å². The third-order valence-electron chi connectivity index (χ3n) is 2.48. The van der Waals surface area contributed by atoms with Crippen molar-refractivity contribution in [2.24, 2.45) is 0 Å². The normalized spacial score (nSPS) is 12.4. The molecule has 6 heteroatoms. The van der Waals surface area contributed by atoms with Crippen molar-refractivity contribution in [3.8, 4) is 16.3 Å². The fourth-order valence-electron chi connectivity index (χ4n) is 1.52. The van der Waals surface area contributed by atoms with Gasteiger partial charge in [0.15, 0.2) is 5.01 Å². The highest BCUT2D eigenvalue weighted by Gasteiger charge is 2.18. The summed E-state index contributed by atoms with van der Waals surface area (Å²) < 4.78 is 19.0. The van der Waals surface area contributed by atoms with Gasteiger partial charge in [-0.15, -0.1) is 10.2 Å². The van der Waals surface area contributed by atoms with Gasteiger partial charge in [0.05, 0.1) is 17.5 Å². The summed E-state index contributed by atoms with van der Waals surface area (Å²) in [6.07, 6.45) is 0.906. The van der Waals surface area contributed by atoms with E-state index in [2.05, 4.69) is 26.1 Å². The van der Waals surface area contributed by atoms with Crippen LogP contribution in [0.3, 0.4) is 0 Å². The molecule has 1 aromatic carbocycles. The zero-order valence-corrected chi connectivity index (χ0v) is 12.4. The van der Waals surface area contributed by atoms with Crippen molar-refractivity contribution in [3.05, 3.63) is 29.0 Å². The number of rotatable bonds is 4. The van der Waals surface area contributed by atoms with Crippen LogP contribution in [0.1, 0.15) is 23.2 Å². The fraction of sp³-hybridized carbons (Fsp3) is 0.333. The van der Waals surface area contributed by atoms with E-state index in [1.54, 1.807) is 12.1 Å². The number of halogens is 2. The standard InChI is InChI=1S/C12H12BrFN2OS/c1-3-7(13)11-15-16-12(18-11)10-8(14)5-4-6-9(10)17-2/h4-7H,3H2,1-2H3. The van der Waals surface area contributed by atoms with Gasteiger partial charge in [0.25, 0.3) is 0 Å². The minimum Gasteiger partial charge on any atom is -0.496 e. The Bertz CT molecular complexity index is 547. The molecule has 96 valence electrons. The van der Waals surface area contributed by atoms with Crippen LogP contribution in [-0.4, -0.2) is 17.3 Å². The average molecular weight is 331 g/mol. The van der Waals surface area contributed by atoms with Crippen LogP contribution in [0.15, 0.2) is 18.2 Å². The second kappa shape index (κ2) is 5.75. The van der Waals surface area contributed by atoms with Gasteiger partial charge in [0, 0.05) is 0 Å². The molecule has 0 fully saturated rings. The fourth-order valence-corrected chi connectivity index (χ4v) is 2.85. The summed E-state index contributed by atoms with van der Waals surface area (Å²) in [5, 5.41) is 9.51. The molecule has 0 aliphatic rings. The molecule has 18 heavy (non-hydrogen) atoms. The average Bonchev–Trinajstić information content (AvgIpc) is 2.86. The molecule has 0 amide bonds. The predicted molar refractivity (Wildman–Crippen MR) is 73.8 cm³/mol. The van der Waals surface area contributed by atoms with Crippen molar-refractivity contribution in [1.29, 1.82) is 0 Å². The first-order valence-corrected chi connectivity index (χ1v) is 7.21. The van der Waals surface area contributed by atoms with Gasteiger partial charge in [0.1, 0.15) is 16.6 Å². The van der Waals surface area contributed by atoms with Crippen LogP contribution >= 0.6 is 27.3 Å². The molecule has 0 spiro atoms. The van der Waals surface area contributed by atoms with Crippen LogP contribution in [0.25, 0.3) is 10.6 Å². The van der Waals surface area contributed by atoms with Gasteiger partial charge in [-0.3, -0.25) is 0 Å². The molecule has 2 rings (SSSR count). The van der Waals surface area contributed by atoms with E-state index in [4.69, 9.17) is 4.74 Å². The second-order valence-corrected chi connectivity index (χ2v) is 5.75. The zero-order chi connectivity index (χ0) is 13.1. The highest BCUT2D eigenvalue weighted by atomic mass is 79.9. The zero-order valence-electron chi connectivity index (χ0n) is 9.98. The number of methoxy groups -OCH3 is 1. The summed E-state index contributed by atoms with van der Waals surface area (Å²) in [5.74, 6) is 0.125. The third kappa shape index (κ3) is 2.54. The summed E-state index contributed by atoms with van der Waals surface area (Å²) in [6.45, 7) is 2.05. The summed E-state index contributed by atoms with van der Waals surface area (Å²) in [5.41, 5.74) is 0.375. The van der Waals surface area contributed by atoms with Crippen molar-refractivity contribution in [2.75, 3.05) is 7.11 Å². The first-order chi connectivity index (χ1) is 8.67. The molecule has 3 nitrogen and oxygen atoms in total.